The number of anilines is 1. The molecule has 0 fully saturated rings. The minimum atomic E-state index is -4.19. The Kier molecular flexibility index (Phi) is 5.45. The van der Waals surface area contributed by atoms with Crippen molar-refractivity contribution in [2.45, 2.75) is 25.8 Å². The Balaban J connectivity index is 1.57. The number of alkyl halides is 2. The second-order valence-corrected chi connectivity index (χ2v) is 7.49. The van der Waals surface area contributed by atoms with Gasteiger partial charge in [0, 0.05) is 29.9 Å². The lowest BCUT2D eigenvalue weighted by Crippen LogP contribution is -2.44. The SMILES string of the molecule is Cc1cc(NC(=O)c2ccc(F)c(C(F)(F)C(=O)N3CCc4[nH]cnc4C3)c2)ccc1F. The molecule has 2 amide bonds. The van der Waals surface area contributed by atoms with E-state index in [-0.39, 0.29) is 29.9 Å². The zero-order chi connectivity index (χ0) is 23.0. The van der Waals surface area contributed by atoms with Crippen molar-refractivity contribution in [1.29, 1.82) is 0 Å². The maximum absolute atomic E-state index is 15.0. The standard InChI is InChI=1S/C22H18F4N4O2/c1-12-8-14(3-5-16(12)23)29-20(31)13-2-4-17(24)15(9-13)22(25,26)21(32)30-7-6-18-19(10-30)28-11-27-18/h2-5,8-9,11H,6-7,10H2,1H3,(H,27,28)(H,29,31). The zero-order valence-electron chi connectivity index (χ0n) is 16.9. The normalized spacial score (nSPS) is 13.6. The second-order valence-electron chi connectivity index (χ2n) is 7.49. The van der Waals surface area contributed by atoms with Crippen LogP contribution in [0.2, 0.25) is 0 Å². The Hall–Kier alpha value is -3.69. The Morgan fingerprint density at radius 1 is 1.12 bits per heavy atom. The van der Waals surface area contributed by atoms with Crippen LogP contribution < -0.4 is 5.32 Å². The Bertz CT molecular complexity index is 1210. The Labute approximate surface area is 180 Å². The zero-order valence-corrected chi connectivity index (χ0v) is 16.9. The van der Waals surface area contributed by atoms with Gasteiger partial charge >= 0.3 is 5.92 Å². The van der Waals surface area contributed by atoms with Crippen LogP contribution in [-0.2, 0) is 23.7 Å². The molecule has 6 nitrogen and oxygen atoms in total. The number of rotatable bonds is 4. The summed E-state index contributed by atoms with van der Waals surface area (Å²) in [5, 5.41) is 2.44. The van der Waals surface area contributed by atoms with Crippen LogP contribution >= 0.6 is 0 Å². The van der Waals surface area contributed by atoms with Gasteiger partial charge in [-0.25, -0.2) is 13.8 Å². The summed E-state index contributed by atoms with van der Waals surface area (Å²) in [6.07, 6.45) is 1.74. The summed E-state index contributed by atoms with van der Waals surface area (Å²) < 4.78 is 57.8. The molecule has 0 spiro atoms. The van der Waals surface area contributed by atoms with E-state index in [1.165, 1.54) is 25.4 Å². The molecule has 0 atom stereocenters. The molecule has 0 unspecified atom stereocenters. The molecule has 10 heteroatoms. The van der Waals surface area contributed by atoms with Gasteiger partial charge in [-0.1, -0.05) is 0 Å². The summed E-state index contributed by atoms with van der Waals surface area (Å²) in [7, 11) is 0. The van der Waals surface area contributed by atoms with Gasteiger partial charge in [0.1, 0.15) is 11.6 Å². The number of benzene rings is 2. The van der Waals surface area contributed by atoms with E-state index in [4.69, 9.17) is 0 Å². The average molecular weight is 446 g/mol. The molecule has 1 aliphatic rings. The van der Waals surface area contributed by atoms with Crippen molar-refractivity contribution in [3.8, 4) is 0 Å². The van der Waals surface area contributed by atoms with E-state index in [9.17, 15) is 18.4 Å². The summed E-state index contributed by atoms with van der Waals surface area (Å²) in [6, 6.07) is 6.23. The molecule has 0 radical (unpaired) electrons. The van der Waals surface area contributed by atoms with Gasteiger partial charge in [0.15, 0.2) is 0 Å². The highest BCUT2D eigenvalue weighted by atomic mass is 19.3. The molecule has 0 bridgehead atoms. The molecular weight excluding hydrogens is 428 g/mol. The van der Waals surface area contributed by atoms with Crippen molar-refractivity contribution in [3.05, 3.63) is 82.4 Å². The molecule has 4 rings (SSSR count). The number of halogens is 4. The Morgan fingerprint density at radius 3 is 2.62 bits per heavy atom. The minimum Gasteiger partial charge on any atom is -0.348 e. The van der Waals surface area contributed by atoms with E-state index in [1.54, 1.807) is 0 Å². The van der Waals surface area contributed by atoms with Crippen LogP contribution in [0, 0.1) is 18.6 Å². The highest BCUT2D eigenvalue weighted by Crippen LogP contribution is 2.34. The number of aromatic nitrogens is 2. The first-order chi connectivity index (χ1) is 15.2. The molecule has 0 saturated carbocycles. The minimum absolute atomic E-state index is 0.0231. The van der Waals surface area contributed by atoms with Crippen molar-refractivity contribution in [1.82, 2.24) is 14.9 Å². The fourth-order valence-electron chi connectivity index (χ4n) is 3.53. The van der Waals surface area contributed by atoms with Gasteiger partial charge in [-0.05, 0) is 48.9 Å². The summed E-state index contributed by atoms with van der Waals surface area (Å²) in [6.45, 7) is 1.40. The molecule has 0 aliphatic carbocycles. The van der Waals surface area contributed by atoms with Crippen molar-refractivity contribution in [3.63, 3.8) is 0 Å². The van der Waals surface area contributed by atoms with Crippen LogP contribution in [0.25, 0.3) is 0 Å². The molecule has 166 valence electrons. The summed E-state index contributed by atoms with van der Waals surface area (Å²) in [5.41, 5.74) is 0.288. The van der Waals surface area contributed by atoms with E-state index >= 15 is 8.78 Å². The maximum Gasteiger partial charge on any atom is 0.352 e. The smallest absolute Gasteiger partial charge is 0.348 e. The van der Waals surface area contributed by atoms with E-state index in [0.717, 1.165) is 22.7 Å². The molecule has 2 aromatic carbocycles. The number of nitrogens with zero attached hydrogens (tertiary/aromatic N) is 2. The lowest BCUT2D eigenvalue weighted by Gasteiger charge is -2.30. The number of aryl methyl sites for hydroxylation is 1. The highest BCUT2D eigenvalue weighted by Gasteiger charge is 2.47. The van der Waals surface area contributed by atoms with Gasteiger partial charge in [-0.15, -0.1) is 0 Å². The van der Waals surface area contributed by atoms with Gasteiger partial charge in [-0.2, -0.15) is 8.78 Å². The van der Waals surface area contributed by atoms with Gasteiger partial charge in [-0.3, -0.25) is 9.59 Å². The van der Waals surface area contributed by atoms with E-state index in [2.05, 4.69) is 15.3 Å². The number of nitrogens with one attached hydrogen (secondary N) is 2. The molecule has 32 heavy (non-hydrogen) atoms. The first-order valence-electron chi connectivity index (χ1n) is 9.72. The van der Waals surface area contributed by atoms with Crippen molar-refractivity contribution < 1.29 is 27.2 Å². The summed E-state index contributed by atoms with van der Waals surface area (Å²) in [4.78, 5) is 32.9. The fraction of sp³-hybridized carbons (Fsp3) is 0.227. The molecule has 2 N–H and O–H groups in total. The van der Waals surface area contributed by atoms with Crippen LogP contribution in [-0.4, -0.2) is 33.2 Å². The van der Waals surface area contributed by atoms with Crippen molar-refractivity contribution in [2.24, 2.45) is 0 Å². The molecule has 1 aliphatic heterocycles. The maximum atomic E-state index is 15.0. The van der Waals surface area contributed by atoms with Crippen molar-refractivity contribution >= 4 is 17.5 Å². The first kappa shape index (κ1) is 21.5. The first-order valence-corrected chi connectivity index (χ1v) is 9.72. The Morgan fingerprint density at radius 2 is 1.88 bits per heavy atom. The van der Waals surface area contributed by atoms with Gasteiger partial charge < -0.3 is 15.2 Å². The number of H-pyrrole nitrogens is 1. The van der Waals surface area contributed by atoms with Crippen LogP contribution in [0.4, 0.5) is 23.2 Å². The summed E-state index contributed by atoms with van der Waals surface area (Å²) in [5.74, 6) is -8.35. The monoisotopic (exact) mass is 446 g/mol. The lowest BCUT2D eigenvalue weighted by atomic mass is 10.0. The molecular formula is C22H18F4N4O2. The molecule has 3 aromatic rings. The van der Waals surface area contributed by atoms with Gasteiger partial charge in [0.25, 0.3) is 11.8 Å². The number of hydrogen-bond donors (Lipinski definition) is 2. The van der Waals surface area contributed by atoms with Crippen LogP contribution in [0.1, 0.15) is 32.9 Å². The second kappa shape index (κ2) is 8.10. The number of fused-ring (bicyclic) bond motifs is 1. The summed E-state index contributed by atoms with van der Waals surface area (Å²) >= 11 is 0. The number of imidazole rings is 1. The van der Waals surface area contributed by atoms with Gasteiger partial charge in [0.05, 0.1) is 24.1 Å². The van der Waals surface area contributed by atoms with Crippen molar-refractivity contribution in [2.75, 3.05) is 11.9 Å². The molecule has 1 aromatic heterocycles. The molecule has 2 heterocycles. The van der Waals surface area contributed by atoms with E-state index in [0.29, 0.717) is 24.2 Å². The van der Waals surface area contributed by atoms with Crippen LogP contribution in [0.3, 0.4) is 0 Å². The number of hydrogen-bond acceptors (Lipinski definition) is 3. The number of carbonyl (C=O) groups excluding carboxylic acids is 2. The number of amides is 2. The van der Waals surface area contributed by atoms with Crippen LogP contribution in [0.5, 0.6) is 0 Å². The number of aromatic amines is 1. The third-order valence-electron chi connectivity index (χ3n) is 5.32. The highest BCUT2D eigenvalue weighted by molar-refractivity contribution is 6.04. The predicted molar refractivity (Wildman–Crippen MR) is 107 cm³/mol. The predicted octanol–water partition coefficient (Wildman–Crippen LogP) is 3.93. The van der Waals surface area contributed by atoms with Crippen LogP contribution in [0.15, 0.2) is 42.7 Å². The molecule has 0 saturated heterocycles. The lowest BCUT2D eigenvalue weighted by molar-refractivity contribution is -0.160. The average Bonchev–Trinajstić information content (AvgIpc) is 3.23. The largest absolute Gasteiger partial charge is 0.352 e. The quantitative estimate of drug-likeness (QED) is 0.597. The topological polar surface area (TPSA) is 78.1 Å². The van der Waals surface area contributed by atoms with E-state index < -0.39 is 34.9 Å². The van der Waals surface area contributed by atoms with Gasteiger partial charge in [0.2, 0.25) is 0 Å². The third kappa shape index (κ3) is 3.95. The number of carbonyl (C=O) groups is 2. The third-order valence-corrected chi connectivity index (χ3v) is 5.32. The van der Waals surface area contributed by atoms with E-state index in [1.807, 2.05) is 0 Å². The fourth-order valence-corrected chi connectivity index (χ4v) is 3.53.